The first-order chi connectivity index (χ1) is 8.06. The molecular weight excluding hydrogens is 261 g/mol. The molecule has 1 aromatic heterocycles. The van der Waals surface area contributed by atoms with E-state index in [1.54, 1.807) is 5.38 Å². The van der Waals surface area contributed by atoms with E-state index in [2.05, 4.69) is 4.98 Å². The zero-order valence-corrected chi connectivity index (χ0v) is 10.6. The van der Waals surface area contributed by atoms with Gasteiger partial charge >= 0.3 is 0 Å². The van der Waals surface area contributed by atoms with Gasteiger partial charge in [-0.25, -0.2) is 9.37 Å². The maximum Gasteiger partial charge on any atom is 0.135 e. The van der Waals surface area contributed by atoms with Crippen LogP contribution in [0.2, 0.25) is 5.02 Å². The Bertz CT molecular complexity index is 567. The van der Waals surface area contributed by atoms with Crippen molar-refractivity contribution in [2.45, 2.75) is 13.3 Å². The van der Waals surface area contributed by atoms with Crippen molar-refractivity contribution in [3.05, 3.63) is 40.1 Å². The van der Waals surface area contributed by atoms with Gasteiger partial charge in [0.1, 0.15) is 16.6 Å². The number of nitrogens with zero attached hydrogens (tertiary/aromatic N) is 1. The van der Waals surface area contributed by atoms with Gasteiger partial charge in [0.25, 0.3) is 0 Å². The van der Waals surface area contributed by atoms with E-state index in [1.165, 1.54) is 36.5 Å². The molecule has 5 heteroatoms. The average Bonchev–Trinajstić information content (AvgIpc) is 2.69. The summed E-state index contributed by atoms with van der Waals surface area (Å²) in [4.78, 5) is 15.2. The number of carbonyl (C=O) groups is 1. The molecule has 0 amide bonds. The second-order valence-electron chi connectivity index (χ2n) is 3.65. The molecule has 0 aliphatic rings. The number of carbonyl (C=O) groups excluding carboxylic acids is 1. The average molecular weight is 270 g/mol. The van der Waals surface area contributed by atoms with Gasteiger partial charge in [0.2, 0.25) is 0 Å². The van der Waals surface area contributed by atoms with E-state index in [9.17, 15) is 9.18 Å². The highest BCUT2D eigenvalue weighted by Gasteiger charge is 2.11. The van der Waals surface area contributed by atoms with Crippen LogP contribution in [-0.4, -0.2) is 10.8 Å². The Labute approximate surface area is 107 Å². The van der Waals surface area contributed by atoms with Gasteiger partial charge in [0, 0.05) is 22.4 Å². The summed E-state index contributed by atoms with van der Waals surface area (Å²) in [5.74, 6) is -0.327. The van der Waals surface area contributed by atoms with Gasteiger partial charge in [-0.1, -0.05) is 11.6 Å². The van der Waals surface area contributed by atoms with Crippen LogP contribution >= 0.6 is 22.9 Å². The highest BCUT2D eigenvalue weighted by Crippen LogP contribution is 2.28. The van der Waals surface area contributed by atoms with Crippen molar-refractivity contribution in [1.82, 2.24) is 4.98 Å². The third-order valence-corrected chi connectivity index (χ3v) is 3.30. The number of ketones is 1. The summed E-state index contributed by atoms with van der Waals surface area (Å²) in [6.45, 7) is 1.50. The third-order valence-electron chi connectivity index (χ3n) is 2.14. The van der Waals surface area contributed by atoms with E-state index in [4.69, 9.17) is 11.6 Å². The molecule has 1 aromatic carbocycles. The molecule has 88 valence electrons. The monoisotopic (exact) mass is 269 g/mol. The topological polar surface area (TPSA) is 30.0 Å². The lowest BCUT2D eigenvalue weighted by atomic mass is 10.2. The zero-order chi connectivity index (χ0) is 12.4. The molecule has 0 aliphatic heterocycles. The Balaban J connectivity index is 2.36. The fourth-order valence-corrected chi connectivity index (χ4v) is 2.44. The summed E-state index contributed by atoms with van der Waals surface area (Å²) >= 11 is 7.12. The molecule has 0 spiro atoms. The molecule has 0 radical (unpaired) electrons. The van der Waals surface area contributed by atoms with Gasteiger partial charge < -0.3 is 0 Å². The van der Waals surface area contributed by atoms with Gasteiger partial charge in [0.05, 0.1) is 5.69 Å². The Morgan fingerprint density at radius 3 is 3.00 bits per heavy atom. The summed E-state index contributed by atoms with van der Waals surface area (Å²) in [6.07, 6.45) is 0.276. The largest absolute Gasteiger partial charge is 0.300 e. The lowest BCUT2D eigenvalue weighted by Crippen LogP contribution is -1.96. The predicted octanol–water partition coefficient (Wildman–Crippen LogP) is 3.73. The number of hydrogen-bond donors (Lipinski definition) is 0. The van der Waals surface area contributed by atoms with Crippen molar-refractivity contribution in [2.24, 2.45) is 0 Å². The van der Waals surface area contributed by atoms with Crippen molar-refractivity contribution in [1.29, 1.82) is 0 Å². The molecule has 0 bridgehead atoms. The van der Waals surface area contributed by atoms with E-state index in [0.717, 1.165) is 0 Å². The minimum Gasteiger partial charge on any atom is -0.300 e. The summed E-state index contributed by atoms with van der Waals surface area (Å²) in [5, 5.41) is 2.77. The number of hydrogen-bond acceptors (Lipinski definition) is 3. The van der Waals surface area contributed by atoms with Crippen LogP contribution in [0, 0.1) is 5.82 Å². The molecule has 0 aliphatic carbocycles. The van der Waals surface area contributed by atoms with Crippen LogP contribution < -0.4 is 0 Å². The normalized spacial score (nSPS) is 10.5. The number of Topliss-reactive ketones (excluding diaryl/α,β-unsaturated/α-hetero) is 1. The quantitative estimate of drug-likeness (QED) is 0.850. The first kappa shape index (κ1) is 12.2. The molecule has 2 aromatic rings. The Kier molecular flexibility index (Phi) is 3.54. The van der Waals surface area contributed by atoms with Crippen molar-refractivity contribution in [3.8, 4) is 10.6 Å². The van der Waals surface area contributed by atoms with E-state index in [0.29, 0.717) is 21.3 Å². The summed E-state index contributed by atoms with van der Waals surface area (Å²) < 4.78 is 13.6. The van der Waals surface area contributed by atoms with Gasteiger partial charge in [-0.05, 0) is 25.1 Å². The molecule has 17 heavy (non-hydrogen) atoms. The highest BCUT2D eigenvalue weighted by atomic mass is 35.5. The molecule has 2 nitrogen and oxygen atoms in total. The molecule has 0 N–H and O–H groups in total. The first-order valence-corrected chi connectivity index (χ1v) is 6.21. The number of benzene rings is 1. The summed E-state index contributed by atoms with van der Waals surface area (Å²) in [7, 11) is 0. The molecular formula is C12H9ClFNOS. The minimum absolute atomic E-state index is 0.0356. The van der Waals surface area contributed by atoms with Gasteiger partial charge in [-0.2, -0.15) is 0 Å². The maximum absolute atomic E-state index is 13.6. The van der Waals surface area contributed by atoms with Crippen molar-refractivity contribution >= 4 is 28.7 Å². The van der Waals surface area contributed by atoms with Crippen LogP contribution in [0.5, 0.6) is 0 Å². The van der Waals surface area contributed by atoms with Crippen LogP contribution in [0.1, 0.15) is 12.6 Å². The lowest BCUT2D eigenvalue weighted by molar-refractivity contribution is -0.116. The maximum atomic E-state index is 13.6. The molecule has 0 atom stereocenters. The number of thiazole rings is 1. The van der Waals surface area contributed by atoms with E-state index in [-0.39, 0.29) is 18.0 Å². The molecule has 2 rings (SSSR count). The number of halogens is 2. The van der Waals surface area contributed by atoms with E-state index >= 15 is 0 Å². The second-order valence-corrected chi connectivity index (χ2v) is 4.94. The Morgan fingerprint density at radius 2 is 2.29 bits per heavy atom. The molecule has 1 heterocycles. The first-order valence-electron chi connectivity index (χ1n) is 4.95. The SMILES string of the molecule is CC(=O)Cc1csc(-c2cc(Cl)ccc2F)n1. The predicted molar refractivity (Wildman–Crippen MR) is 66.9 cm³/mol. The molecule has 0 saturated carbocycles. The molecule has 0 saturated heterocycles. The summed E-state index contributed by atoms with van der Waals surface area (Å²) in [6, 6.07) is 4.33. The van der Waals surface area contributed by atoms with Crippen LogP contribution in [0.15, 0.2) is 23.6 Å². The highest BCUT2D eigenvalue weighted by molar-refractivity contribution is 7.13. The smallest absolute Gasteiger partial charge is 0.135 e. The summed E-state index contributed by atoms with van der Waals surface area (Å²) in [5.41, 5.74) is 1.04. The van der Waals surface area contributed by atoms with Gasteiger partial charge in [-0.15, -0.1) is 11.3 Å². The molecule has 0 fully saturated rings. The Morgan fingerprint density at radius 1 is 1.53 bits per heavy atom. The Hall–Kier alpha value is -1.26. The fraction of sp³-hybridized carbons (Fsp3) is 0.167. The van der Waals surface area contributed by atoms with E-state index < -0.39 is 0 Å². The van der Waals surface area contributed by atoms with Gasteiger partial charge in [0.15, 0.2) is 0 Å². The standard InChI is InChI=1S/C12H9ClFNOS/c1-7(16)4-9-6-17-12(15-9)10-5-8(13)2-3-11(10)14/h2-3,5-6H,4H2,1H3. The van der Waals surface area contributed by atoms with Crippen LogP contribution in [0.3, 0.4) is 0 Å². The van der Waals surface area contributed by atoms with Crippen LogP contribution in [-0.2, 0) is 11.2 Å². The third kappa shape index (κ3) is 2.90. The number of rotatable bonds is 3. The minimum atomic E-state index is -0.363. The molecule has 0 unspecified atom stereocenters. The number of aromatic nitrogens is 1. The van der Waals surface area contributed by atoms with Crippen molar-refractivity contribution < 1.29 is 9.18 Å². The van der Waals surface area contributed by atoms with Crippen molar-refractivity contribution in [3.63, 3.8) is 0 Å². The van der Waals surface area contributed by atoms with Crippen LogP contribution in [0.4, 0.5) is 4.39 Å². The van der Waals surface area contributed by atoms with E-state index in [1.807, 2.05) is 0 Å². The second kappa shape index (κ2) is 4.94. The van der Waals surface area contributed by atoms with Crippen molar-refractivity contribution in [2.75, 3.05) is 0 Å². The zero-order valence-electron chi connectivity index (χ0n) is 9.04. The van der Waals surface area contributed by atoms with Crippen LogP contribution in [0.25, 0.3) is 10.6 Å². The fourth-order valence-electron chi connectivity index (χ4n) is 1.43. The lowest BCUT2D eigenvalue weighted by Gasteiger charge is -1.99. The van der Waals surface area contributed by atoms with Gasteiger partial charge in [-0.3, -0.25) is 4.79 Å².